The molecule has 0 fully saturated rings. The summed E-state index contributed by atoms with van der Waals surface area (Å²) < 4.78 is 5.45. The number of rotatable bonds is 3. The van der Waals surface area contributed by atoms with Crippen LogP contribution in [0.5, 0.6) is 5.75 Å². The number of methoxy groups -OCH3 is 1. The molecule has 25 heavy (non-hydrogen) atoms. The highest BCUT2D eigenvalue weighted by Gasteiger charge is 2.12. The number of pyridine rings is 1. The Bertz CT molecular complexity index is 1110. The van der Waals surface area contributed by atoms with Crippen LogP contribution in [0, 0.1) is 0 Å². The van der Waals surface area contributed by atoms with Crippen LogP contribution in [0.25, 0.3) is 33.5 Å². The van der Waals surface area contributed by atoms with Gasteiger partial charge in [-0.3, -0.25) is 9.78 Å². The van der Waals surface area contributed by atoms with Crippen LogP contribution in [0.4, 0.5) is 0 Å². The number of fused-ring (bicyclic) bond motifs is 1. The van der Waals surface area contributed by atoms with E-state index >= 15 is 0 Å². The summed E-state index contributed by atoms with van der Waals surface area (Å²) in [5.74, 6) is 0.645. The first-order chi connectivity index (χ1) is 12.3. The Balaban J connectivity index is 1.92. The molecule has 1 N–H and O–H groups in total. The average Bonchev–Trinajstić information content (AvgIpc) is 2.68. The summed E-state index contributed by atoms with van der Waals surface area (Å²) in [6, 6.07) is 9.62. The van der Waals surface area contributed by atoms with Crippen molar-refractivity contribution >= 4 is 11.2 Å². The fourth-order valence-corrected chi connectivity index (χ4v) is 2.61. The zero-order chi connectivity index (χ0) is 17.2. The van der Waals surface area contributed by atoms with Gasteiger partial charge in [0.2, 0.25) is 0 Å². The molecular formula is C18H13N5O2. The lowest BCUT2D eigenvalue weighted by Gasteiger charge is -2.11. The van der Waals surface area contributed by atoms with Gasteiger partial charge in [-0.25, -0.2) is 15.0 Å². The fraction of sp³-hybridized carbons (Fsp3) is 0.0556. The predicted molar refractivity (Wildman–Crippen MR) is 93.2 cm³/mol. The molecule has 0 saturated heterocycles. The number of aromatic nitrogens is 5. The number of H-pyrrole nitrogens is 1. The highest BCUT2D eigenvalue weighted by atomic mass is 16.5. The van der Waals surface area contributed by atoms with Crippen molar-refractivity contribution in [2.45, 2.75) is 0 Å². The van der Waals surface area contributed by atoms with Gasteiger partial charge in [-0.1, -0.05) is 6.07 Å². The third-order valence-corrected chi connectivity index (χ3v) is 3.84. The summed E-state index contributed by atoms with van der Waals surface area (Å²) >= 11 is 0. The first-order valence-corrected chi connectivity index (χ1v) is 7.55. The van der Waals surface area contributed by atoms with Crippen LogP contribution in [0.2, 0.25) is 0 Å². The van der Waals surface area contributed by atoms with Crippen molar-refractivity contribution in [2.24, 2.45) is 0 Å². The lowest BCUT2D eigenvalue weighted by atomic mass is 10.0. The van der Waals surface area contributed by atoms with Crippen molar-refractivity contribution in [1.29, 1.82) is 0 Å². The van der Waals surface area contributed by atoms with Crippen molar-refractivity contribution in [1.82, 2.24) is 24.9 Å². The largest absolute Gasteiger partial charge is 0.496 e. The molecule has 0 bridgehead atoms. The number of hydrogen-bond acceptors (Lipinski definition) is 6. The lowest BCUT2D eigenvalue weighted by Crippen LogP contribution is -2.09. The highest BCUT2D eigenvalue weighted by molar-refractivity contribution is 5.78. The molecule has 0 radical (unpaired) electrons. The number of nitrogens with zero attached hydrogens (tertiary/aromatic N) is 4. The van der Waals surface area contributed by atoms with E-state index in [-0.39, 0.29) is 11.1 Å². The smallest absolute Gasteiger partial charge is 0.278 e. The summed E-state index contributed by atoms with van der Waals surface area (Å²) in [4.78, 5) is 31.2. The Hall–Kier alpha value is -3.61. The van der Waals surface area contributed by atoms with E-state index in [0.29, 0.717) is 17.1 Å². The second-order valence-corrected chi connectivity index (χ2v) is 5.31. The van der Waals surface area contributed by atoms with Gasteiger partial charge in [0.1, 0.15) is 5.75 Å². The van der Waals surface area contributed by atoms with E-state index in [0.717, 1.165) is 16.7 Å². The third-order valence-electron chi connectivity index (χ3n) is 3.84. The second-order valence-electron chi connectivity index (χ2n) is 5.31. The molecule has 7 nitrogen and oxygen atoms in total. The van der Waals surface area contributed by atoms with Gasteiger partial charge in [-0.05, 0) is 35.4 Å². The molecule has 0 amide bonds. The van der Waals surface area contributed by atoms with Crippen molar-refractivity contribution in [3.8, 4) is 28.1 Å². The van der Waals surface area contributed by atoms with Crippen LogP contribution < -0.4 is 10.3 Å². The molecule has 0 atom stereocenters. The van der Waals surface area contributed by atoms with E-state index in [1.807, 2.05) is 30.3 Å². The zero-order valence-corrected chi connectivity index (χ0v) is 13.3. The summed E-state index contributed by atoms with van der Waals surface area (Å²) in [6.45, 7) is 0. The van der Waals surface area contributed by atoms with Gasteiger partial charge in [0.25, 0.3) is 5.56 Å². The summed E-state index contributed by atoms with van der Waals surface area (Å²) in [5.41, 5.74) is 3.46. The van der Waals surface area contributed by atoms with Crippen LogP contribution in [-0.2, 0) is 0 Å². The molecule has 0 aliphatic heterocycles. The van der Waals surface area contributed by atoms with Crippen LogP contribution in [-0.4, -0.2) is 32.0 Å². The Morgan fingerprint density at radius 2 is 1.88 bits per heavy atom. The normalized spacial score (nSPS) is 10.8. The number of nitrogens with one attached hydrogen (secondary N) is 1. The lowest BCUT2D eigenvalue weighted by molar-refractivity contribution is 0.416. The molecule has 3 heterocycles. The maximum absolute atomic E-state index is 12.0. The van der Waals surface area contributed by atoms with Crippen molar-refractivity contribution in [3.05, 3.63) is 65.6 Å². The maximum Gasteiger partial charge on any atom is 0.278 e. The van der Waals surface area contributed by atoms with Crippen LogP contribution in [0.3, 0.4) is 0 Å². The molecule has 0 saturated carbocycles. The summed E-state index contributed by atoms with van der Waals surface area (Å²) in [7, 11) is 1.59. The molecular weight excluding hydrogens is 318 g/mol. The molecule has 7 heteroatoms. The maximum atomic E-state index is 12.0. The van der Waals surface area contributed by atoms with Gasteiger partial charge in [0.05, 0.1) is 25.3 Å². The molecule has 1 aromatic carbocycles. The first-order valence-electron chi connectivity index (χ1n) is 7.55. The molecule has 0 unspecified atom stereocenters. The standard InChI is InChI=1S/C18H13N5O2/c1-25-15-3-2-12(11-4-6-19-7-5-11)8-13(15)14-9-20-17-16(23-14)18(24)22-10-21-17/h2-10H,1H3,(H,20,21,22,24). The number of aromatic amines is 1. The average molecular weight is 331 g/mol. The minimum absolute atomic E-state index is 0.191. The van der Waals surface area contributed by atoms with Gasteiger partial charge in [0, 0.05) is 18.0 Å². The highest BCUT2D eigenvalue weighted by Crippen LogP contribution is 2.33. The van der Waals surface area contributed by atoms with Gasteiger partial charge >= 0.3 is 0 Å². The van der Waals surface area contributed by atoms with Crippen molar-refractivity contribution in [3.63, 3.8) is 0 Å². The van der Waals surface area contributed by atoms with E-state index in [1.54, 1.807) is 25.7 Å². The first kappa shape index (κ1) is 14.9. The fourth-order valence-electron chi connectivity index (χ4n) is 2.61. The van der Waals surface area contributed by atoms with E-state index in [1.165, 1.54) is 6.33 Å². The zero-order valence-electron chi connectivity index (χ0n) is 13.3. The number of hydrogen-bond donors (Lipinski definition) is 1. The van der Waals surface area contributed by atoms with E-state index in [4.69, 9.17) is 4.74 Å². The Morgan fingerprint density at radius 1 is 1.04 bits per heavy atom. The molecule has 122 valence electrons. The third kappa shape index (κ3) is 2.72. The molecule has 3 aromatic heterocycles. The molecule has 4 rings (SSSR count). The molecule has 0 aliphatic carbocycles. The minimum atomic E-state index is -0.330. The van der Waals surface area contributed by atoms with Crippen molar-refractivity contribution < 1.29 is 4.74 Å². The van der Waals surface area contributed by atoms with Gasteiger partial charge in [-0.2, -0.15) is 0 Å². The van der Waals surface area contributed by atoms with Crippen LogP contribution in [0.15, 0.2) is 60.0 Å². The Labute approximate surface area is 142 Å². The quantitative estimate of drug-likeness (QED) is 0.620. The molecule has 0 aliphatic rings. The number of ether oxygens (including phenoxy) is 1. The van der Waals surface area contributed by atoms with Crippen LogP contribution >= 0.6 is 0 Å². The van der Waals surface area contributed by atoms with Gasteiger partial charge in [0.15, 0.2) is 11.2 Å². The summed E-state index contributed by atoms with van der Waals surface area (Å²) in [6.07, 6.45) is 6.37. The van der Waals surface area contributed by atoms with Gasteiger partial charge < -0.3 is 9.72 Å². The summed E-state index contributed by atoms with van der Waals surface area (Å²) in [5, 5.41) is 0. The predicted octanol–water partition coefficient (Wildman–Crippen LogP) is 2.45. The Kier molecular flexibility index (Phi) is 3.66. The molecule has 0 spiro atoms. The van der Waals surface area contributed by atoms with Crippen LogP contribution in [0.1, 0.15) is 0 Å². The second kappa shape index (κ2) is 6.12. The molecule has 4 aromatic rings. The van der Waals surface area contributed by atoms with Crippen molar-refractivity contribution in [2.75, 3.05) is 7.11 Å². The van der Waals surface area contributed by atoms with Gasteiger partial charge in [-0.15, -0.1) is 0 Å². The van der Waals surface area contributed by atoms with E-state index in [2.05, 4.69) is 24.9 Å². The minimum Gasteiger partial charge on any atom is -0.496 e. The SMILES string of the molecule is COc1ccc(-c2ccncc2)cc1-c1cnc2nc[nH]c(=O)c2n1. The topological polar surface area (TPSA) is 93.7 Å². The monoisotopic (exact) mass is 331 g/mol. The van der Waals surface area contributed by atoms with E-state index < -0.39 is 0 Å². The Morgan fingerprint density at radius 3 is 2.68 bits per heavy atom. The number of benzene rings is 1. The van der Waals surface area contributed by atoms with E-state index in [9.17, 15) is 4.79 Å².